The van der Waals surface area contributed by atoms with E-state index in [2.05, 4.69) is 15.9 Å². The second kappa shape index (κ2) is 5.71. The first-order valence-electron chi connectivity index (χ1n) is 4.92. The fourth-order valence-corrected chi connectivity index (χ4v) is 1.27. The van der Waals surface area contributed by atoms with E-state index < -0.39 is 5.97 Å². The zero-order valence-electron chi connectivity index (χ0n) is 9.05. The lowest BCUT2D eigenvalue weighted by Crippen LogP contribution is -2.26. The Kier molecular flexibility index (Phi) is 4.28. The van der Waals surface area contributed by atoms with Crippen molar-refractivity contribution in [1.29, 1.82) is 0 Å². The molecule has 1 aromatic rings. The predicted octanol–water partition coefficient (Wildman–Crippen LogP) is 1.02. The van der Waals surface area contributed by atoms with Gasteiger partial charge in [0.15, 0.2) is 5.69 Å². The van der Waals surface area contributed by atoms with E-state index in [1.54, 1.807) is 0 Å². The molecule has 0 aliphatic heterocycles. The molecule has 0 atom stereocenters. The van der Waals surface area contributed by atoms with Crippen molar-refractivity contribution in [3.05, 3.63) is 18.1 Å². The Balaban J connectivity index is 2.96. The number of carboxylic acids is 1. The van der Waals surface area contributed by atoms with Gasteiger partial charge in [0.25, 0.3) is 0 Å². The number of aromatic carboxylic acids is 1. The summed E-state index contributed by atoms with van der Waals surface area (Å²) >= 11 is 0. The van der Waals surface area contributed by atoms with E-state index in [-0.39, 0.29) is 5.69 Å². The van der Waals surface area contributed by atoms with Crippen LogP contribution in [0, 0.1) is 12.3 Å². The van der Waals surface area contributed by atoms with Gasteiger partial charge in [0.1, 0.15) is 5.82 Å². The Bertz CT molecular complexity index is 412. The third kappa shape index (κ3) is 2.95. The lowest BCUT2D eigenvalue weighted by Gasteiger charge is -2.19. The molecule has 1 N–H and O–H groups in total. The van der Waals surface area contributed by atoms with Crippen LogP contribution in [-0.2, 0) is 0 Å². The van der Waals surface area contributed by atoms with Crippen molar-refractivity contribution in [3.8, 4) is 12.3 Å². The molecule has 0 fully saturated rings. The van der Waals surface area contributed by atoms with Gasteiger partial charge in [-0.2, -0.15) is 0 Å². The van der Waals surface area contributed by atoms with Crippen molar-refractivity contribution in [2.24, 2.45) is 0 Å². The number of aromatic nitrogens is 2. The molecule has 84 valence electrons. The normalized spacial score (nSPS) is 9.50. The van der Waals surface area contributed by atoms with E-state index in [9.17, 15) is 4.79 Å². The Morgan fingerprint density at radius 1 is 1.62 bits per heavy atom. The van der Waals surface area contributed by atoms with E-state index in [1.807, 2.05) is 11.8 Å². The Labute approximate surface area is 94.1 Å². The molecule has 16 heavy (non-hydrogen) atoms. The molecule has 0 bridgehead atoms. The fraction of sp³-hybridized carbons (Fsp3) is 0.364. The van der Waals surface area contributed by atoms with Gasteiger partial charge in [-0.1, -0.05) is 12.8 Å². The summed E-state index contributed by atoms with van der Waals surface area (Å²) in [4.78, 5) is 20.4. The molecule has 0 amide bonds. The summed E-state index contributed by atoms with van der Waals surface area (Å²) in [6, 6.07) is 0. The number of anilines is 1. The van der Waals surface area contributed by atoms with Gasteiger partial charge in [0.2, 0.25) is 0 Å². The van der Waals surface area contributed by atoms with Crippen molar-refractivity contribution in [3.63, 3.8) is 0 Å². The van der Waals surface area contributed by atoms with Gasteiger partial charge < -0.3 is 10.0 Å². The molecule has 0 aromatic carbocycles. The van der Waals surface area contributed by atoms with E-state index in [0.717, 1.165) is 13.0 Å². The molecule has 5 heteroatoms. The highest BCUT2D eigenvalue weighted by molar-refractivity contribution is 5.85. The van der Waals surface area contributed by atoms with E-state index >= 15 is 0 Å². The second-order valence-corrected chi connectivity index (χ2v) is 3.19. The molecule has 1 rings (SSSR count). The minimum Gasteiger partial charge on any atom is -0.476 e. The average Bonchev–Trinajstić information content (AvgIpc) is 2.29. The van der Waals surface area contributed by atoms with Crippen molar-refractivity contribution < 1.29 is 9.90 Å². The zero-order valence-corrected chi connectivity index (χ0v) is 9.05. The van der Waals surface area contributed by atoms with Crippen LogP contribution in [0.4, 0.5) is 5.82 Å². The Morgan fingerprint density at radius 3 is 2.94 bits per heavy atom. The van der Waals surface area contributed by atoms with Crippen LogP contribution >= 0.6 is 0 Å². The minimum absolute atomic E-state index is 0.0735. The number of hydrogen-bond donors (Lipinski definition) is 1. The van der Waals surface area contributed by atoms with Crippen LogP contribution in [0.3, 0.4) is 0 Å². The number of hydrogen-bond acceptors (Lipinski definition) is 4. The van der Waals surface area contributed by atoms with Gasteiger partial charge in [-0.3, -0.25) is 4.98 Å². The maximum absolute atomic E-state index is 10.7. The van der Waals surface area contributed by atoms with Gasteiger partial charge in [-0.05, 0) is 6.42 Å². The third-order valence-electron chi connectivity index (χ3n) is 1.94. The summed E-state index contributed by atoms with van der Waals surface area (Å²) in [6.45, 7) is 3.13. The topological polar surface area (TPSA) is 66.3 Å². The number of terminal acetylenes is 1. The lowest BCUT2D eigenvalue weighted by atomic mass is 10.4. The molecule has 5 nitrogen and oxygen atoms in total. The first-order valence-corrected chi connectivity index (χ1v) is 4.92. The van der Waals surface area contributed by atoms with Crippen LogP contribution in [0.25, 0.3) is 0 Å². The van der Waals surface area contributed by atoms with Crippen LogP contribution in [-0.4, -0.2) is 34.1 Å². The molecule has 1 aromatic heterocycles. The second-order valence-electron chi connectivity index (χ2n) is 3.19. The first kappa shape index (κ1) is 12.0. The van der Waals surface area contributed by atoms with Crippen LogP contribution < -0.4 is 4.90 Å². The third-order valence-corrected chi connectivity index (χ3v) is 1.94. The zero-order chi connectivity index (χ0) is 12.0. The van der Waals surface area contributed by atoms with E-state index in [0.29, 0.717) is 12.4 Å². The lowest BCUT2D eigenvalue weighted by molar-refractivity contribution is 0.0690. The molecule has 1 heterocycles. The standard InChI is InChI=1S/C11H13N3O2/c1-3-5-14(6-4-2)10-8-12-7-9(13-10)11(15)16/h1,7-8H,4-6H2,2H3,(H,15,16). The van der Waals surface area contributed by atoms with Gasteiger partial charge >= 0.3 is 5.97 Å². The highest BCUT2D eigenvalue weighted by Crippen LogP contribution is 2.09. The minimum atomic E-state index is -1.09. The highest BCUT2D eigenvalue weighted by atomic mass is 16.4. The molecular formula is C11H13N3O2. The number of carbonyl (C=O) groups is 1. The summed E-state index contributed by atoms with van der Waals surface area (Å²) in [6.07, 6.45) is 8.87. The summed E-state index contributed by atoms with van der Waals surface area (Å²) in [7, 11) is 0. The summed E-state index contributed by atoms with van der Waals surface area (Å²) in [5.41, 5.74) is -0.0735. The molecule has 0 spiro atoms. The number of nitrogens with zero attached hydrogens (tertiary/aromatic N) is 3. The van der Waals surface area contributed by atoms with Crippen molar-refractivity contribution in [1.82, 2.24) is 9.97 Å². The number of carboxylic acid groups (broad SMARTS) is 1. The van der Waals surface area contributed by atoms with Crippen LogP contribution in [0.15, 0.2) is 12.4 Å². The number of rotatable bonds is 5. The first-order chi connectivity index (χ1) is 7.69. The van der Waals surface area contributed by atoms with E-state index in [4.69, 9.17) is 11.5 Å². The molecule has 0 radical (unpaired) electrons. The van der Waals surface area contributed by atoms with Crippen LogP contribution in [0.1, 0.15) is 23.8 Å². The molecule has 0 aliphatic rings. The largest absolute Gasteiger partial charge is 0.476 e. The van der Waals surface area contributed by atoms with Crippen molar-refractivity contribution >= 4 is 11.8 Å². The predicted molar refractivity (Wildman–Crippen MR) is 60.3 cm³/mol. The summed E-state index contributed by atoms with van der Waals surface area (Å²) in [5, 5.41) is 8.79. The molecule has 0 saturated heterocycles. The molecule has 0 unspecified atom stereocenters. The highest BCUT2D eigenvalue weighted by Gasteiger charge is 2.10. The smallest absolute Gasteiger partial charge is 0.356 e. The summed E-state index contributed by atoms with van der Waals surface area (Å²) < 4.78 is 0. The Hall–Kier alpha value is -2.09. The SMILES string of the molecule is C#CCN(CCC)c1cncc(C(=O)O)n1. The maximum Gasteiger partial charge on any atom is 0.356 e. The quantitative estimate of drug-likeness (QED) is 0.749. The van der Waals surface area contributed by atoms with Gasteiger partial charge in [-0.25, -0.2) is 9.78 Å². The molecule has 0 saturated carbocycles. The fourth-order valence-electron chi connectivity index (χ4n) is 1.27. The maximum atomic E-state index is 10.7. The average molecular weight is 219 g/mol. The monoisotopic (exact) mass is 219 g/mol. The van der Waals surface area contributed by atoms with Crippen LogP contribution in [0.5, 0.6) is 0 Å². The Morgan fingerprint density at radius 2 is 2.38 bits per heavy atom. The van der Waals surface area contributed by atoms with Gasteiger partial charge in [-0.15, -0.1) is 6.42 Å². The molecular weight excluding hydrogens is 206 g/mol. The van der Waals surface area contributed by atoms with E-state index in [1.165, 1.54) is 12.4 Å². The van der Waals surface area contributed by atoms with Gasteiger partial charge in [0.05, 0.1) is 18.9 Å². The van der Waals surface area contributed by atoms with Crippen LogP contribution in [0.2, 0.25) is 0 Å². The molecule has 0 aliphatic carbocycles. The van der Waals surface area contributed by atoms with Crippen molar-refractivity contribution in [2.45, 2.75) is 13.3 Å². The summed E-state index contributed by atoms with van der Waals surface area (Å²) in [5.74, 6) is 1.92. The van der Waals surface area contributed by atoms with Crippen molar-refractivity contribution in [2.75, 3.05) is 18.0 Å². The van der Waals surface area contributed by atoms with Gasteiger partial charge in [0, 0.05) is 6.54 Å².